The highest BCUT2D eigenvalue weighted by atomic mass is 32.2. The van der Waals surface area contributed by atoms with E-state index in [-0.39, 0.29) is 42.5 Å². The zero-order chi connectivity index (χ0) is 20.3. The van der Waals surface area contributed by atoms with E-state index in [1.807, 2.05) is 10.8 Å². The Morgan fingerprint density at radius 3 is 2.32 bits per heavy atom. The molecule has 146 valence electrons. The summed E-state index contributed by atoms with van der Waals surface area (Å²) >= 11 is 0. The van der Waals surface area contributed by atoms with Crippen LogP contribution in [-0.2, 0) is 26.3 Å². The van der Waals surface area contributed by atoms with Crippen LogP contribution in [0.1, 0.15) is 28.8 Å². The van der Waals surface area contributed by atoms with Gasteiger partial charge in [0.05, 0.1) is 5.69 Å². The molecule has 0 atom stereocenters. The summed E-state index contributed by atoms with van der Waals surface area (Å²) in [6.07, 6.45) is 0.238. The fourth-order valence-corrected chi connectivity index (χ4v) is 3.66. The van der Waals surface area contributed by atoms with Gasteiger partial charge in [0.15, 0.2) is 0 Å². The quantitative estimate of drug-likeness (QED) is 0.738. The van der Waals surface area contributed by atoms with Crippen molar-refractivity contribution in [1.82, 2.24) is 9.03 Å². The van der Waals surface area contributed by atoms with Crippen molar-refractivity contribution >= 4 is 33.6 Å². The van der Waals surface area contributed by atoms with Gasteiger partial charge in [0.1, 0.15) is 0 Å². The van der Waals surface area contributed by atoms with Gasteiger partial charge < -0.3 is 0 Å². The van der Waals surface area contributed by atoms with Crippen LogP contribution in [0.25, 0.3) is 0 Å². The molecule has 1 saturated heterocycles. The summed E-state index contributed by atoms with van der Waals surface area (Å²) in [6, 6.07) is 14.7. The molecule has 0 radical (unpaired) electrons. The fourth-order valence-electron chi connectivity index (χ4n) is 2.83. The monoisotopic (exact) mass is 401 g/mol. The van der Waals surface area contributed by atoms with Crippen LogP contribution in [0.15, 0.2) is 54.6 Å². The van der Waals surface area contributed by atoms with Crippen LogP contribution < -0.4 is 9.62 Å². The Morgan fingerprint density at radius 1 is 1.04 bits per heavy atom. The van der Waals surface area contributed by atoms with Crippen LogP contribution in [0.5, 0.6) is 0 Å². The smallest absolute Gasteiger partial charge is 0.274 e. The summed E-state index contributed by atoms with van der Waals surface area (Å²) in [6.45, 7) is 0.0975. The fraction of sp³-hybridized carbons (Fsp3) is 0.211. The predicted molar refractivity (Wildman–Crippen MR) is 102 cm³/mol. The third kappa shape index (κ3) is 4.26. The van der Waals surface area contributed by atoms with Crippen LogP contribution in [-0.4, -0.2) is 37.5 Å². The molecule has 3 amide bonds. The maximum Gasteiger partial charge on any atom is 0.304 e. The number of carbonyl (C=O) groups is 3. The second-order valence-electron chi connectivity index (χ2n) is 6.35. The van der Waals surface area contributed by atoms with E-state index in [2.05, 4.69) is 0 Å². The number of carbonyl (C=O) groups excluding carboxylic acids is 3. The van der Waals surface area contributed by atoms with Crippen molar-refractivity contribution in [2.24, 2.45) is 0 Å². The highest BCUT2D eigenvalue weighted by Gasteiger charge is 2.31. The van der Waals surface area contributed by atoms with E-state index in [1.54, 1.807) is 24.3 Å². The molecule has 0 aliphatic carbocycles. The number of anilines is 1. The van der Waals surface area contributed by atoms with Gasteiger partial charge in [-0.15, -0.1) is 0 Å². The average molecular weight is 401 g/mol. The highest BCUT2D eigenvalue weighted by molar-refractivity contribution is 7.87. The van der Waals surface area contributed by atoms with Crippen molar-refractivity contribution in [2.45, 2.75) is 19.4 Å². The maximum atomic E-state index is 12.4. The molecule has 3 rings (SSSR count). The van der Waals surface area contributed by atoms with E-state index in [9.17, 15) is 22.8 Å². The van der Waals surface area contributed by atoms with Gasteiger partial charge in [-0.2, -0.15) is 12.7 Å². The molecule has 1 heterocycles. The molecule has 9 heteroatoms. The summed E-state index contributed by atoms with van der Waals surface area (Å²) in [5, 5.41) is 0. The number of hydrogen-bond acceptors (Lipinski definition) is 5. The molecule has 8 nitrogen and oxygen atoms in total. The minimum atomic E-state index is -4.07. The Balaban J connectivity index is 1.74. The lowest BCUT2D eigenvalue weighted by molar-refractivity contribution is -0.121. The van der Waals surface area contributed by atoms with Crippen LogP contribution >= 0.6 is 0 Å². The van der Waals surface area contributed by atoms with E-state index in [0.29, 0.717) is 0 Å². The molecule has 2 aromatic rings. The minimum Gasteiger partial charge on any atom is -0.274 e. The molecule has 0 saturated carbocycles. The Labute approximate surface area is 162 Å². The molecule has 28 heavy (non-hydrogen) atoms. The molecule has 0 unspecified atom stereocenters. The first-order valence-electron chi connectivity index (χ1n) is 8.56. The summed E-state index contributed by atoms with van der Waals surface area (Å²) in [4.78, 5) is 37.2. The van der Waals surface area contributed by atoms with Crippen LogP contribution in [0, 0.1) is 0 Å². The zero-order valence-electron chi connectivity index (χ0n) is 15.2. The lowest BCUT2D eigenvalue weighted by atomic mass is 10.2. The Kier molecular flexibility index (Phi) is 5.57. The van der Waals surface area contributed by atoms with Gasteiger partial charge in [0.25, 0.3) is 5.91 Å². The molecule has 0 aromatic heterocycles. The third-order valence-corrected chi connectivity index (χ3v) is 5.69. The van der Waals surface area contributed by atoms with Crippen LogP contribution in [0.2, 0.25) is 0 Å². The topological polar surface area (TPSA) is 104 Å². The lowest BCUT2D eigenvalue weighted by Gasteiger charge is -2.18. The number of hydrogen-bond donors (Lipinski definition) is 1. The number of amides is 3. The number of nitrogens with one attached hydrogen (secondary N) is 1. The van der Waals surface area contributed by atoms with Crippen molar-refractivity contribution in [3.63, 3.8) is 0 Å². The molecule has 1 aliphatic rings. The molecule has 1 aliphatic heterocycles. The second-order valence-corrected chi connectivity index (χ2v) is 8.13. The molecule has 0 spiro atoms. The van der Waals surface area contributed by atoms with Gasteiger partial charge in [-0.3, -0.25) is 19.3 Å². The second kappa shape index (κ2) is 7.91. The standard InChI is InChI=1S/C19H19N3O5S/c1-21(13-14-6-3-2-4-7-14)28(26,27)20-19(25)15-8-5-9-16(12-15)22-17(23)10-11-18(22)24/h2-9,12H,10-11,13H2,1H3,(H,20,25). The van der Waals surface area contributed by atoms with E-state index in [4.69, 9.17) is 0 Å². The van der Waals surface area contributed by atoms with Gasteiger partial charge in [-0.25, -0.2) is 4.72 Å². The van der Waals surface area contributed by atoms with E-state index in [0.717, 1.165) is 14.8 Å². The Bertz CT molecular complexity index is 1000. The van der Waals surface area contributed by atoms with Crippen molar-refractivity contribution in [2.75, 3.05) is 11.9 Å². The number of nitrogens with zero attached hydrogens (tertiary/aromatic N) is 2. The van der Waals surface area contributed by atoms with Crippen molar-refractivity contribution < 1.29 is 22.8 Å². The summed E-state index contributed by atoms with van der Waals surface area (Å²) in [5.74, 6) is -1.54. The van der Waals surface area contributed by atoms with E-state index < -0.39 is 16.1 Å². The Hall–Kier alpha value is -3.04. The minimum absolute atomic E-state index is 0.0293. The largest absolute Gasteiger partial charge is 0.304 e. The van der Waals surface area contributed by atoms with Gasteiger partial charge in [-0.1, -0.05) is 36.4 Å². The van der Waals surface area contributed by atoms with Gasteiger partial charge >= 0.3 is 10.2 Å². The first kappa shape index (κ1) is 19.7. The van der Waals surface area contributed by atoms with Crippen LogP contribution in [0.4, 0.5) is 5.69 Å². The lowest BCUT2D eigenvalue weighted by Crippen LogP contribution is -2.41. The number of imide groups is 1. The zero-order valence-corrected chi connectivity index (χ0v) is 16.0. The predicted octanol–water partition coefficient (Wildman–Crippen LogP) is 1.45. The molecular weight excluding hydrogens is 382 g/mol. The molecule has 1 N–H and O–H groups in total. The summed E-state index contributed by atoms with van der Waals surface area (Å²) in [5.41, 5.74) is 1.05. The normalized spacial score (nSPS) is 14.6. The molecule has 1 fully saturated rings. The Morgan fingerprint density at radius 2 is 1.68 bits per heavy atom. The number of benzene rings is 2. The van der Waals surface area contributed by atoms with Gasteiger partial charge in [0, 0.05) is 32.0 Å². The average Bonchev–Trinajstić information content (AvgIpc) is 3.00. The third-order valence-electron chi connectivity index (χ3n) is 4.30. The van der Waals surface area contributed by atoms with E-state index in [1.165, 1.54) is 31.3 Å². The van der Waals surface area contributed by atoms with Crippen LogP contribution in [0.3, 0.4) is 0 Å². The number of rotatable bonds is 6. The maximum absolute atomic E-state index is 12.4. The van der Waals surface area contributed by atoms with E-state index >= 15 is 0 Å². The first-order valence-corrected chi connectivity index (χ1v) is 10.00. The molecule has 0 bridgehead atoms. The SMILES string of the molecule is CN(Cc1ccccc1)S(=O)(=O)NC(=O)c1cccc(N2C(=O)CCC2=O)c1. The van der Waals surface area contributed by atoms with Crippen molar-refractivity contribution in [3.8, 4) is 0 Å². The first-order chi connectivity index (χ1) is 13.3. The summed E-state index contributed by atoms with van der Waals surface area (Å²) < 4.78 is 27.9. The van der Waals surface area contributed by atoms with Crippen molar-refractivity contribution in [1.29, 1.82) is 0 Å². The summed E-state index contributed by atoms with van der Waals surface area (Å²) in [7, 11) is -2.71. The van der Waals surface area contributed by atoms with Gasteiger partial charge in [-0.05, 0) is 23.8 Å². The van der Waals surface area contributed by atoms with Gasteiger partial charge in [0.2, 0.25) is 11.8 Å². The van der Waals surface area contributed by atoms with Crippen molar-refractivity contribution in [3.05, 3.63) is 65.7 Å². The molecule has 2 aromatic carbocycles. The highest BCUT2D eigenvalue weighted by Crippen LogP contribution is 2.23. The molecular formula is C19H19N3O5S.